The summed E-state index contributed by atoms with van der Waals surface area (Å²) in [6.07, 6.45) is -4.51. The molecule has 29 heavy (non-hydrogen) atoms. The van der Waals surface area contributed by atoms with E-state index in [9.17, 15) is 26.7 Å². The van der Waals surface area contributed by atoms with Gasteiger partial charge in [0.15, 0.2) is 0 Å². The molecule has 0 aliphatic heterocycles. The molecule has 1 aromatic heterocycles. The Morgan fingerprint density at radius 2 is 1.45 bits per heavy atom. The standard InChI is InChI=1S/C20H18F3NO3S2/c1-19(2,25)14-7-3-13(4-8-14)18-16(11-17(28-18)20(21,22)23)12-5-9-15(10-6-12)29(24,26)27/h3-11,25H,1-2H3,(H2,24,26,27). The van der Waals surface area contributed by atoms with Crippen molar-refractivity contribution in [1.29, 1.82) is 0 Å². The van der Waals surface area contributed by atoms with Gasteiger partial charge in [-0.3, -0.25) is 0 Å². The van der Waals surface area contributed by atoms with E-state index >= 15 is 0 Å². The first-order chi connectivity index (χ1) is 13.3. The van der Waals surface area contributed by atoms with Crippen molar-refractivity contribution in [2.45, 2.75) is 30.5 Å². The van der Waals surface area contributed by atoms with Crippen LogP contribution < -0.4 is 5.14 Å². The minimum absolute atomic E-state index is 0.122. The molecule has 0 saturated heterocycles. The maximum Gasteiger partial charge on any atom is 0.425 e. The molecule has 0 aliphatic rings. The maximum atomic E-state index is 13.3. The SMILES string of the molecule is CC(C)(O)c1ccc(-c2sc(C(F)(F)F)cc2-c2ccc(S(N)(=O)=O)cc2)cc1. The summed E-state index contributed by atoms with van der Waals surface area (Å²) in [5, 5.41) is 15.2. The van der Waals surface area contributed by atoms with Gasteiger partial charge in [0.25, 0.3) is 0 Å². The summed E-state index contributed by atoms with van der Waals surface area (Å²) < 4.78 is 62.9. The van der Waals surface area contributed by atoms with Gasteiger partial charge in [-0.2, -0.15) is 13.2 Å². The Balaban J connectivity index is 2.13. The van der Waals surface area contributed by atoms with Gasteiger partial charge >= 0.3 is 6.18 Å². The van der Waals surface area contributed by atoms with Gasteiger partial charge in [-0.1, -0.05) is 36.4 Å². The highest BCUT2D eigenvalue weighted by Crippen LogP contribution is 2.45. The lowest BCUT2D eigenvalue weighted by molar-refractivity contribution is -0.134. The van der Waals surface area contributed by atoms with E-state index in [1.54, 1.807) is 38.1 Å². The summed E-state index contributed by atoms with van der Waals surface area (Å²) in [5.41, 5.74) is 0.888. The molecule has 1 heterocycles. The number of hydrogen-bond donors (Lipinski definition) is 2. The second kappa shape index (κ2) is 7.24. The van der Waals surface area contributed by atoms with E-state index in [1.165, 1.54) is 24.3 Å². The Hall–Kier alpha value is -2.20. The highest BCUT2D eigenvalue weighted by Gasteiger charge is 2.34. The number of alkyl halides is 3. The average molecular weight is 441 g/mol. The average Bonchev–Trinajstić information content (AvgIpc) is 3.06. The van der Waals surface area contributed by atoms with E-state index in [1.807, 2.05) is 0 Å². The van der Waals surface area contributed by atoms with Crippen LogP contribution in [0.5, 0.6) is 0 Å². The lowest BCUT2D eigenvalue weighted by atomic mass is 9.96. The van der Waals surface area contributed by atoms with E-state index in [0.717, 1.165) is 6.07 Å². The first-order valence-electron chi connectivity index (χ1n) is 8.44. The number of primary sulfonamides is 1. The predicted octanol–water partition coefficient (Wildman–Crippen LogP) is 4.98. The highest BCUT2D eigenvalue weighted by atomic mass is 32.2. The molecule has 0 atom stereocenters. The van der Waals surface area contributed by atoms with Crippen LogP contribution in [-0.2, 0) is 21.8 Å². The quantitative estimate of drug-likeness (QED) is 0.600. The Morgan fingerprint density at radius 1 is 0.931 bits per heavy atom. The van der Waals surface area contributed by atoms with Crippen molar-refractivity contribution in [3.63, 3.8) is 0 Å². The van der Waals surface area contributed by atoms with Crippen LogP contribution in [0.3, 0.4) is 0 Å². The molecule has 9 heteroatoms. The van der Waals surface area contributed by atoms with Crippen LogP contribution in [0, 0.1) is 0 Å². The molecule has 0 saturated carbocycles. The molecule has 3 aromatic rings. The van der Waals surface area contributed by atoms with Gasteiger partial charge in [0.1, 0.15) is 4.88 Å². The zero-order chi connectivity index (χ0) is 21.6. The van der Waals surface area contributed by atoms with Crippen LogP contribution in [0.4, 0.5) is 13.2 Å². The minimum Gasteiger partial charge on any atom is -0.386 e. The number of halogens is 3. The van der Waals surface area contributed by atoms with E-state index in [4.69, 9.17) is 5.14 Å². The lowest BCUT2D eigenvalue weighted by Gasteiger charge is -2.18. The van der Waals surface area contributed by atoms with E-state index < -0.39 is 26.7 Å². The molecule has 0 fully saturated rings. The minimum atomic E-state index is -4.51. The Morgan fingerprint density at radius 3 is 1.90 bits per heavy atom. The molecule has 3 rings (SSSR count). The Labute approximate surface area is 170 Å². The zero-order valence-electron chi connectivity index (χ0n) is 15.5. The van der Waals surface area contributed by atoms with Gasteiger partial charge in [-0.05, 0) is 48.7 Å². The molecular weight excluding hydrogens is 423 g/mol. The summed E-state index contributed by atoms with van der Waals surface area (Å²) in [6, 6.07) is 13.1. The number of thiophene rings is 1. The van der Waals surface area contributed by atoms with Crippen LogP contribution in [0.1, 0.15) is 24.3 Å². The molecule has 0 amide bonds. The molecular formula is C20H18F3NO3S2. The van der Waals surface area contributed by atoms with E-state index in [2.05, 4.69) is 0 Å². The van der Waals surface area contributed by atoms with Gasteiger partial charge in [0.2, 0.25) is 10.0 Å². The highest BCUT2D eigenvalue weighted by molar-refractivity contribution is 7.89. The second-order valence-electron chi connectivity index (χ2n) is 7.06. The summed E-state index contributed by atoms with van der Waals surface area (Å²) in [5.74, 6) is 0. The van der Waals surface area contributed by atoms with Crippen molar-refractivity contribution < 1.29 is 26.7 Å². The Kier molecular flexibility index (Phi) is 5.37. The van der Waals surface area contributed by atoms with Crippen molar-refractivity contribution in [2.24, 2.45) is 5.14 Å². The van der Waals surface area contributed by atoms with Gasteiger partial charge in [-0.15, -0.1) is 11.3 Å². The molecule has 4 nitrogen and oxygen atoms in total. The smallest absolute Gasteiger partial charge is 0.386 e. The van der Waals surface area contributed by atoms with E-state index in [0.29, 0.717) is 38.5 Å². The number of sulfonamides is 1. The van der Waals surface area contributed by atoms with Gasteiger partial charge < -0.3 is 5.11 Å². The molecule has 0 aliphatic carbocycles. The maximum absolute atomic E-state index is 13.3. The fraction of sp³-hybridized carbons (Fsp3) is 0.200. The molecule has 0 radical (unpaired) electrons. The number of aliphatic hydroxyl groups is 1. The van der Waals surface area contributed by atoms with Gasteiger partial charge in [0, 0.05) is 10.4 Å². The second-order valence-corrected chi connectivity index (χ2v) is 9.67. The van der Waals surface area contributed by atoms with Crippen molar-refractivity contribution in [3.05, 3.63) is 65.0 Å². The van der Waals surface area contributed by atoms with Crippen LogP contribution in [0.15, 0.2) is 59.5 Å². The molecule has 0 spiro atoms. The first-order valence-corrected chi connectivity index (χ1v) is 10.8. The largest absolute Gasteiger partial charge is 0.425 e. The first kappa shape index (κ1) is 21.5. The van der Waals surface area contributed by atoms with Crippen LogP contribution in [0.25, 0.3) is 21.6 Å². The molecule has 154 valence electrons. The number of rotatable bonds is 4. The summed E-state index contributed by atoms with van der Waals surface area (Å²) in [6.45, 7) is 3.24. The van der Waals surface area contributed by atoms with E-state index in [-0.39, 0.29) is 4.90 Å². The topological polar surface area (TPSA) is 80.4 Å². The van der Waals surface area contributed by atoms with Gasteiger partial charge in [-0.25, -0.2) is 13.6 Å². The monoisotopic (exact) mass is 441 g/mol. The third kappa shape index (κ3) is 4.69. The van der Waals surface area contributed by atoms with Crippen molar-refractivity contribution in [1.82, 2.24) is 0 Å². The fourth-order valence-corrected chi connectivity index (χ4v) is 4.38. The Bertz CT molecular complexity index is 1130. The van der Waals surface area contributed by atoms with Crippen LogP contribution in [0.2, 0.25) is 0 Å². The van der Waals surface area contributed by atoms with Crippen molar-refractivity contribution in [2.75, 3.05) is 0 Å². The number of benzene rings is 2. The molecule has 3 N–H and O–H groups in total. The van der Waals surface area contributed by atoms with Crippen molar-refractivity contribution in [3.8, 4) is 21.6 Å². The molecule has 2 aromatic carbocycles. The molecule has 0 unspecified atom stereocenters. The summed E-state index contributed by atoms with van der Waals surface area (Å²) in [4.78, 5) is -0.490. The van der Waals surface area contributed by atoms with Crippen LogP contribution >= 0.6 is 11.3 Å². The predicted molar refractivity (Wildman–Crippen MR) is 107 cm³/mol. The third-order valence-corrected chi connectivity index (χ3v) is 6.52. The fourth-order valence-electron chi connectivity index (χ4n) is 2.81. The number of hydrogen-bond acceptors (Lipinski definition) is 4. The number of nitrogens with two attached hydrogens (primary N) is 1. The zero-order valence-corrected chi connectivity index (χ0v) is 17.1. The lowest BCUT2D eigenvalue weighted by Crippen LogP contribution is -2.14. The normalized spacial score (nSPS) is 12.9. The summed E-state index contributed by atoms with van der Waals surface area (Å²) >= 11 is 0.607. The van der Waals surface area contributed by atoms with Gasteiger partial charge in [0.05, 0.1) is 10.5 Å². The van der Waals surface area contributed by atoms with Crippen molar-refractivity contribution >= 4 is 21.4 Å². The third-order valence-electron chi connectivity index (χ3n) is 4.36. The summed E-state index contributed by atoms with van der Waals surface area (Å²) in [7, 11) is -3.90. The van der Waals surface area contributed by atoms with Crippen LogP contribution in [-0.4, -0.2) is 13.5 Å². The molecule has 0 bridgehead atoms.